The van der Waals surface area contributed by atoms with E-state index in [1.165, 1.54) is 25.8 Å². The molecular formula is C42H77N11O9. The first-order chi connectivity index (χ1) is 29.1. The van der Waals surface area contributed by atoms with Crippen molar-refractivity contribution in [3.63, 3.8) is 0 Å². The number of aliphatic imine (C=N–C) groups is 1. The summed E-state index contributed by atoms with van der Waals surface area (Å²) in [5, 5.41) is 27.1. The number of nitrogens with one attached hydrogen (secondary N) is 6. The van der Waals surface area contributed by atoms with Gasteiger partial charge in [-0.1, -0.05) is 67.7 Å². The van der Waals surface area contributed by atoms with Gasteiger partial charge in [-0.25, -0.2) is 0 Å². The largest absolute Gasteiger partial charge is 0.391 e. The highest BCUT2D eigenvalue weighted by Gasteiger charge is 2.41. The number of rotatable bonds is 26. The minimum Gasteiger partial charge on any atom is -0.391 e. The number of likely N-dealkylation sites (tertiary alicyclic amines) is 1. The molecule has 20 heteroatoms. The van der Waals surface area contributed by atoms with Gasteiger partial charge in [0.25, 0.3) is 0 Å². The highest BCUT2D eigenvalue weighted by Crippen LogP contribution is 2.21. The number of guanidine groups is 1. The van der Waals surface area contributed by atoms with E-state index in [0.717, 1.165) is 4.90 Å². The van der Waals surface area contributed by atoms with E-state index in [9.17, 15) is 43.5 Å². The summed E-state index contributed by atoms with van der Waals surface area (Å²) in [5.41, 5.74) is 11.0. The van der Waals surface area contributed by atoms with Gasteiger partial charge in [-0.3, -0.25) is 43.3 Å². The Morgan fingerprint density at radius 2 is 1.29 bits per heavy atom. The number of likely N-dealkylation sites (N-methyl/N-ethyl adjacent to an activating group) is 2. The molecule has 10 atom stereocenters. The van der Waals surface area contributed by atoms with Gasteiger partial charge < -0.3 is 58.3 Å². The number of hydrogen-bond donors (Lipinski definition) is 9. The topological polar surface area (TPSA) is 300 Å². The zero-order chi connectivity index (χ0) is 47.4. The molecule has 0 unspecified atom stereocenters. The van der Waals surface area contributed by atoms with Crippen LogP contribution in [0.5, 0.6) is 0 Å². The summed E-state index contributed by atoms with van der Waals surface area (Å²) >= 11 is 0. The van der Waals surface area contributed by atoms with Crippen molar-refractivity contribution in [1.82, 2.24) is 41.7 Å². The molecule has 0 spiro atoms. The van der Waals surface area contributed by atoms with Crippen LogP contribution in [-0.4, -0.2) is 143 Å². The van der Waals surface area contributed by atoms with Crippen molar-refractivity contribution in [2.45, 2.75) is 169 Å². The van der Waals surface area contributed by atoms with Gasteiger partial charge >= 0.3 is 0 Å². The summed E-state index contributed by atoms with van der Waals surface area (Å²) in [6.07, 6.45) is 1.59. The fourth-order valence-electron chi connectivity index (χ4n) is 7.25. The molecule has 1 saturated heterocycles. The lowest BCUT2D eigenvalue weighted by atomic mass is 9.95. The maximum atomic E-state index is 14.2. The van der Waals surface area contributed by atoms with Crippen molar-refractivity contribution in [1.29, 1.82) is 0 Å². The fourth-order valence-corrected chi connectivity index (χ4v) is 7.25. The van der Waals surface area contributed by atoms with Gasteiger partial charge in [0, 0.05) is 33.6 Å². The molecule has 11 N–H and O–H groups in total. The lowest BCUT2D eigenvalue weighted by Crippen LogP contribution is -2.63. The van der Waals surface area contributed by atoms with Crippen molar-refractivity contribution in [2.75, 3.05) is 26.7 Å². The smallest absolute Gasteiger partial charge is 0.248 e. The highest BCUT2D eigenvalue weighted by atomic mass is 16.3. The number of carbonyl (C=O) groups is 8. The van der Waals surface area contributed by atoms with Gasteiger partial charge in [0.05, 0.1) is 6.10 Å². The zero-order valence-corrected chi connectivity index (χ0v) is 38.8. The van der Waals surface area contributed by atoms with Crippen LogP contribution >= 0.6 is 0 Å². The Kier molecular flexibility index (Phi) is 24.1. The molecule has 0 bridgehead atoms. The number of nitrogens with zero attached hydrogens (tertiary/aromatic N) is 3. The Morgan fingerprint density at radius 1 is 0.758 bits per heavy atom. The Balaban J connectivity index is 3.42. The summed E-state index contributed by atoms with van der Waals surface area (Å²) in [5.74, 6) is -5.89. The van der Waals surface area contributed by atoms with Crippen molar-refractivity contribution >= 4 is 53.2 Å². The molecule has 354 valence electrons. The van der Waals surface area contributed by atoms with Crippen LogP contribution in [0, 0.1) is 17.8 Å². The lowest BCUT2D eigenvalue weighted by Gasteiger charge is -2.35. The molecule has 0 saturated carbocycles. The average molecular weight is 880 g/mol. The predicted octanol–water partition coefficient (Wildman–Crippen LogP) is -0.633. The molecule has 1 heterocycles. The van der Waals surface area contributed by atoms with Crippen LogP contribution in [0.2, 0.25) is 0 Å². The fraction of sp³-hybridized carbons (Fsp3) is 0.786. The van der Waals surface area contributed by atoms with Crippen LogP contribution in [0.3, 0.4) is 0 Å². The maximum absolute atomic E-state index is 14.2. The second-order valence-corrected chi connectivity index (χ2v) is 16.7. The Morgan fingerprint density at radius 3 is 1.77 bits per heavy atom. The Labute approximate surface area is 367 Å². The zero-order valence-electron chi connectivity index (χ0n) is 38.8. The SMILES string of the molecule is CCC[C@@H](C(=O)N[C@H](C(=O)N[C@@H](CCCN=C(N)N)C(=O)N1CCC[C@H]1C(=O)NCC)[C@@H](C)CC)N(C)C(=O)[C@@H](NC(=O)[C@H](NC(=O)[C@@H](NC(C)=O)C(C)C)[C@@H](C)CC)[C@@H](C)O. The molecule has 1 fully saturated rings. The molecule has 0 aliphatic carbocycles. The number of hydrogen-bond acceptors (Lipinski definition) is 10. The molecule has 20 nitrogen and oxygen atoms in total. The van der Waals surface area contributed by atoms with Crippen LogP contribution < -0.4 is 43.4 Å². The molecule has 1 aliphatic heterocycles. The summed E-state index contributed by atoms with van der Waals surface area (Å²) in [7, 11) is 1.36. The van der Waals surface area contributed by atoms with Crippen molar-refractivity contribution < 1.29 is 43.5 Å². The summed E-state index contributed by atoms with van der Waals surface area (Å²) < 4.78 is 0. The van der Waals surface area contributed by atoms with Gasteiger partial charge in [-0.15, -0.1) is 0 Å². The highest BCUT2D eigenvalue weighted by molar-refractivity contribution is 5.98. The summed E-state index contributed by atoms with van der Waals surface area (Å²) in [6, 6.07) is -7.69. The quantitative estimate of drug-likeness (QED) is 0.0299. The summed E-state index contributed by atoms with van der Waals surface area (Å²) in [4.78, 5) is 115. The van der Waals surface area contributed by atoms with Crippen LogP contribution in [0.25, 0.3) is 0 Å². The second-order valence-electron chi connectivity index (χ2n) is 16.7. The first kappa shape index (κ1) is 55.0. The van der Waals surface area contributed by atoms with Crippen LogP contribution in [0.4, 0.5) is 0 Å². The van der Waals surface area contributed by atoms with Gasteiger partial charge in [0.15, 0.2) is 5.96 Å². The van der Waals surface area contributed by atoms with E-state index in [0.29, 0.717) is 51.6 Å². The van der Waals surface area contributed by atoms with E-state index in [4.69, 9.17) is 11.5 Å². The molecule has 1 rings (SSSR count). The number of aliphatic hydroxyl groups excluding tert-OH is 1. The average Bonchev–Trinajstić information content (AvgIpc) is 3.71. The monoisotopic (exact) mass is 880 g/mol. The van der Waals surface area contributed by atoms with Crippen LogP contribution in [-0.2, 0) is 38.4 Å². The molecule has 0 aromatic carbocycles. The molecular weight excluding hydrogens is 803 g/mol. The Hall–Kier alpha value is -5.01. The maximum Gasteiger partial charge on any atom is 0.248 e. The number of amides is 8. The normalized spacial score (nSPS) is 18.0. The molecule has 0 radical (unpaired) electrons. The van der Waals surface area contributed by atoms with E-state index < -0.39 is 102 Å². The van der Waals surface area contributed by atoms with Crippen LogP contribution in [0.1, 0.15) is 121 Å². The molecule has 0 aromatic heterocycles. The van der Waals surface area contributed by atoms with Crippen molar-refractivity contribution in [3.8, 4) is 0 Å². The van der Waals surface area contributed by atoms with Crippen molar-refractivity contribution in [2.24, 2.45) is 34.2 Å². The summed E-state index contributed by atoms with van der Waals surface area (Å²) in [6.45, 7) is 17.7. The number of nitrogens with two attached hydrogens (primary N) is 2. The minimum absolute atomic E-state index is 0.127. The van der Waals surface area contributed by atoms with Crippen molar-refractivity contribution in [3.05, 3.63) is 0 Å². The van der Waals surface area contributed by atoms with Gasteiger partial charge in [-0.05, 0) is 63.7 Å². The molecule has 1 aliphatic rings. The van der Waals surface area contributed by atoms with Gasteiger partial charge in [-0.2, -0.15) is 0 Å². The van der Waals surface area contributed by atoms with E-state index in [1.54, 1.807) is 41.5 Å². The molecule has 0 aromatic rings. The number of carbonyl (C=O) groups excluding carboxylic acids is 8. The first-order valence-electron chi connectivity index (χ1n) is 22.1. The van der Waals surface area contributed by atoms with E-state index in [1.807, 2.05) is 13.8 Å². The van der Waals surface area contributed by atoms with Crippen LogP contribution in [0.15, 0.2) is 4.99 Å². The molecule has 62 heavy (non-hydrogen) atoms. The third-order valence-electron chi connectivity index (χ3n) is 11.4. The van der Waals surface area contributed by atoms with Gasteiger partial charge in [0.2, 0.25) is 47.3 Å². The third-order valence-corrected chi connectivity index (χ3v) is 11.4. The standard InChI is InChI=1S/C42H77N11O9/c1-12-18-29(52(11)41(62)34(26(9)54)51-39(60)33(25(8)14-3)50-37(58)31(23(5)6)47-27(10)55)36(57)49-32(24(7)13-2)38(59)48-28(19-16-21-46-42(43)44)40(61)53-22-17-20-30(53)35(56)45-15-4/h23-26,28-34,54H,12-22H2,1-11H3,(H,45,56)(H,47,55)(H,48,59)(H,49,57)(H,50,58)(H,51,60)(H4,43,44,46)/t24-,25-,26+,28-,29-,30-,31-,32-,33+,34-/m0/s1. The predicted molar refractivity (Wildman–Crippen MR) is 236 cm³/mol. The van der Waals surface area contributed by atoms with Gasteiger partial charge in [0.1, 0.15) is 42.3 Å². The molecule has 8 amide bonds. The lowest BCUT2D eigenvalue weighted by molar-refractivity contribution is -0.146. The second kappa shape index (κ2) is 27.1. The van der Waals surface area contributed by atoms with E-state index in [-0.39, 0.29) is 37.2 Å². The number of aliphatic hydroxyl groups is 1. The Bertz CT molecular complexity index is 1550. The minimum atomic E-state index is -1.53. The van der Waals surface area contributed by atoms with E-state index >= 15 is 0 Å². The first-order valence-corrected chi connectivity index (χ1v) is 22.1. The third kappa shape index (κ3) is 16.7. The van der Waals surface area contributed by atoms with E-state index in [2.05, 4.69) is 36.9 Å².